The summed E-state index contributed by atoms with van der Waals surface area (Å²) in [7, 11) is 1.68. The number of rotatable bonds is 26. The number of aromatic nitrogens is 28. The SMILES string of the molecule is COCCNc1nccn2c(C)cnc12.Cc1cnc2c(NC(c3ccccc3)c3ccccc3)nccn12.Cc1cnc2c(NCCc3ccncc3)nccn12.Cc1cnc2c(NCc3ccccc3)nccn12.Cc1cnc2c(NCc3ccccn3)nccn12.Cc1cnc2c(NCc3cccnc3)nccn12.Cc1cnc2c(NCc3ccncc3)nccn12.Cc1cnc2c(Nc3ccccc3)nccn12. The van der Waals surface area contributed by atoms with Gasteiger partial charge in [0.05, 0.1) is 24.9 Å². The highest BCUT2D eigenvalue weighted by molar-refractivity contribution is 5.72. The van der Waals surface area contributed by atoms with Crippen LogP contribution in [0.5, 0.6) is 0 Å². The lowest BCUT2D eigenvalue weighted by Gasteiger charge is -2.20. The van der Waals surface area contributed by atoms with Crippen molar-refractivity contribution >= 4 is 97.4 Å². The van der Waals surface area contributed by atoms with Crippen LogP contribution in [0.2, 0.25) is 0 Å². The van der Waals surface area contributed by atoms with Gasteiger partial charge in [0.15, 0.2) is 91.7 Å². The number of benzene rings is 4. The fraction of sp³-hybridized carbons (Fsp3) is 0.164. The van der Waals surface area contributed by atoms with E-state index in [1.807, 2.05) is 324 Å². The Kier molecular flexibility index (Phi) is 33.6. The number of aryl methyl sites for hydroxylation is 8. The van der Waals surface area contributed by atoms with Crippen molar-refractivity contribution < 1.29 is 4.74 Å². The highest BCUT2D eigenvalue weighted by Gasteiger charge is 2.19. The van der Waals surface area contributed by atoms with Crippen LogP contribution in [0.15, 0.2) is 368 Å². The Hall–Kier alpha value is -19.2. The van der Waals surface area contributed by atoms with Gasteiger partial charge in [-0.1, -0.05) is 121 Å². The van der Waals surface area contributed by atoms with Crippen LogP contribution < -0.4 is 42.5 Å². The number of nitrogens with one attached hydrogen (secondary N) is 8. The second-order valence-electron chi connectivity index (χ2n) is 33.7. The minimum absolute atomic E-state index is 0.0168. The predicted octanol–water partition coefficient (Wildman–Crippen LogP) is 19.0. The third-order valence-corrected chi connectivity index (χ3v) is 23.4. The maximum atomic E-state index is 4.96. The Bertz CT molecular complexity index is 7710. The number of pyridine rings is 4. The molecule has 0 atom stereocenters. The van der Waals surface area contributed by atoms with E-state index in [0.717, 1.165) is 186 Å². The van der Waals surface area contributed by atoms with E-state index in [1.54, 1.807) is 81.5 Å². The summed E-state index contributed by atoms with van der Waals surface area (Å²) in [6, 6.07) is 58.8. The van der Waals surface area contributed by atoms with Gasteiger partial charge in [-0.15, -0.1) is 0 Å². The molecule has 24 rings (SSSR count). The topological polar surface area (TPSA) is 399 Å². The van der Waals surface area contributed by atoms with Crippen LogP contribution in [0.3, 0.4) is 0 Å². The summed E-state index contributed by atoms with van der Waals surface area (Å²) >= 11 is 0. The van der Waals surface area contributed by atoms with Crippen molar-refractivity contribution in [3.8, 4) is 0 Å². The molecule has 37 heteroatoms. The third kappa shape index (κ3) is 26.0. The summed E-state index contributed by atoms with van der Waals surface area (Å²) in [6.45, 7) is 21.2. The average molecular weight is 1950 g/mol. The van der Waals surface area contributed by atoms with E-state index in [0.29, 0.717) is 26.2 Å². The molecule has 24 aromatic rings. The summed E-state index contributed by atoms with van der Waals surface area (Å²) in [5.41, 5.74) is 24.7. The molecule has 0 aliphatic heterocycles. The molecule has 0 saturated heterocycles. The monoisotopic (exact) mass is 1950 g/mol. The fourth-order valence-electron chi connectivity index (χ4n) is 15.7. The number of hydrogen-bond acceptors (Lipinski definition) is 29. The van der Waals surface area contributed by atoms with Crippen LogP contribution in [-0.4, -0.2) is 162 Å². The predicted molar refractivity (Wildman–Crippen MR) is 575 cm³/mol. The standard InChI is InChI=1S/C20H18N4.C14H15N5.C14H14N4.3C13H13N5.C13H12N4.C10H14N4O/c1-15-14-22-20-19(21-12-13-24(15)20)23-18(16-8-4-2-5-9-16)17-10-6-3-7-11-17;1-11-10-18-14-13(17-8-9-19(11)14)16-7-4-12-2-5-15-6-3-12;1-11-9-17-14-13(15-7-8-18(11)14)16-10-12-5-3-2-4-6-12;1-10-8-17-13-12(15-6-7-18(10)13)16-9-11-2-4-14-5-3-11;1-10-7-17-13-12(15-5-6-18(10)13)16-9-11-3-2-4-14-8-11;1-10-8-17-13-12(15-6-7-18(10)13)16-9-11-4-2-3-5-14-11;1-10-9-15-13-12(14-7-8-17(10)13)16-11-5-3-2-4-6-11;1-8-7-13-10-9(12-4-6-15-2)11-3-5-14(8)10/h2-14,18H,1H3,(H,21,23);2-3,5-6,8-10H,4,7H2,1H3,(H,16,17);2-9H,10H2,1H3,(H,15,16);3*2-8H,9H2,1H3,(H,15,16);2-9H,1H3,(H,14,16);3,5,7H,4,6H2,1-2H3,(H,11,12). The summed E-state index contributed by atoms with van der Waals surface area (Å²) in [5.74, 6) is 6.34. The lowest BCUT2D eigenvalue weighted by atomic mass is 9.99. The van der Waals surface area contributed by atoms with E-state index in [-0.39, 0.29) is 6.04 Å². The van der Waals surface area contributed by atoms with E-state index in [4.69, 9.17) is 4.74 Å². The van der Waals surface area contributed by atoms with Gasteiger partial charge in [0, 0.05) is 283 Å². The molecule has 20 aromatic heterocycles. The first-order valence-corrected chi connectivity index (χ1v) is 47.7. The number of imidazole rings is 8. The molecule has 20 heterocycles. The number of para-hydroxylation sites is 1. The van der Waals surface area contributed by atoms with Gasteiger partial charge in [-0.25, -0.2) is 79.7 Å². The smallest absolute Gasteiger partial charge is 0.180 e. The van der Waals surface area contributed by atoms with E-state index in [1.165, 1.54) is 22.3 Å². The first-order chi connectivity index (χ1) is 72.2. The number of hydrogen-bond donors (Lipinski definition) is 8. The Labute approximate surface area is 848 Å². The molecule has 147 heavy (non-hydrogen) atoms. The van der Waals surface area contributed by atoms with E-state index >= 15 is 0 Å². The van der Waals surface area contributed by atoms with Gasteiger partial charge in [-0.3, -0.25) is 55.1 Å². The Morgan fingerprint density at radius 2 is 0.544 bits per heavy atom. The van der Waals surface area contributed by atoms with E-state index in [2.05, 4.69) is 203 Å². The summed E-state index contributed by atoms with van der Waals surface area (Å²) in [4.78, 5) is 86.0. The van der Waals surface area contributed by atoms with Crippen molar-refractivity contribution in [1.29, 1.82) is 0 Å². The first-order valence-electron chi connectivity index (χ1n) is 47.7. The molecule has 0 aliphatic rings. The van der Waals surface area contributed by atoms with Crippen LogP contribution in [0.4, 0.5) is 52.2 Å². The van der Waals surface area contributed by atoms with Crippen molar-refractivity contribution in [1.82, 2.24) is 135 Å². The second kappa shape index (κ2) is 49.8. The van der Waals surface area contributed by atoms with Crippen molar-refractivity contribution in [2.75, 3.05) is 69.3 Å². The van der Waals surface area contributed by atoms with Crippen molar-refractivity contribution in [2.45, 2.75) is 94.0 Å². The fourth-order valence-corrected chi connectivity index (χ4v) is 15.7. The molecule has 0 spiro atoms. The first kappa shape index (κ1) is 99.4. The number of nitrogens with zero attached hydrogens (tertiary/aromatic N) is 28. The molecule has 4 aromatic carbocycles. The zero-order valence-corrected chi connectivity index (χ0v) is 82.8. The van der Waals surface area contributed by atoms with Gasteiger partial charge < -0.3 is 47.3 Å². The van der Waals surface area contributed by atoms with Crippen LogP contribution >= 0.6 is 0 Å². The van der Waals surface area contributed by atoms with Gasteiger partial charge in [0.1, 0.15) is 0 Å². The molecule has 0 unspecified atom stereocenters. The summed E-state index contributed by atoms with van der Waals surface area (Å²) in [6.07, 6.45) is 57.8. The Morgan fingerprint density at radius 3 is 0.912 bits per heavy atom. The maximum Gasteiger partial charge on any atom is 0.180 e. The molecule has 37 nitrogen and oxygen atoms in total. The lowest BCUT2D eigenvalue weighted by molar-refractivity contribution is 0.210. The molecule has 8 N–H and O–H groups in total. The largest absolute Gasteiger partial charge is 0.383 e. The molecule has 0 amide bonds. The van der Waals surface area contributed by atoms with E-state index in [9.17, 15) is 0 Å². The van der Waals surface area contributed by atoms with Gasteiger partial charge >= 0.3 is 0 Å². The number of methoxy groups -OCH3 is 1. The summed E-state index contributed by atoms with van der Waals surface area (Å²) < 4.78 is 21.1. The Morgan fingerprint density at radius 1 is 0.238 bits per heavy atom. The number of fused-ring (bicyclic) bond motifs is 8. The van der Waals surface area contributed by atoms with Crippen LogP contribution in [0.25, 0.3) is 45.2 Å². The zero-order valence-electron chi connectivity index (χ0n) is 82.8. The normalized spacial score (nSPS) is 10.8. The molecular weight excluding hydrogens is 1840 g/mol. The second-order valence-corrected chi connectivity index (χ2v) is 33.7. The maximum absolute atomic E-state index is 4.96. The quantitative estimate of drug-likeness (QED) is 0.0233. The molecule has 0 radical (unpaired) electrons. The third-order valence-electron chi connectivity index (χ3n) is 23.4. The summed E-state index contributed by atoms with van der Waals surface area (Å²) in [5, 5.41) is 26.5. The van der Waals surface area contributed by atoms with Gasteiger partial charge in [-0.2, -0.15) is 0 Å². The van der Waals surface area contributed by atoms with Gasteiger partial charge in [0.25, 0.3) is 0 Å². The minimum atomic E-state index is 0.0168. The number of anilines is 9. The zero-order chi connectivity index (χ0) is 101. The van der Waals surface area contributed by atoms with Gasteiger partial charge in [-0.05, 0) is 150 Å². The van der Waals surface area contributed by atoms with Crippen LogP contribution in [-0.2, 0) is 37.3 Å². The van der Waals surface area contributed by atoms with E-state index < -0.39 is 0 Å². The number of ether oxygens (including phenoxy) is 1. The Balaban J connectivity index is 0.000000115. The van der Waals surface area contributed by atoms with Crippen molar-refractivity contribution in [3.05, 3.63) is 453 Å². The average Bonchev–Trinajstić information content (AvgIpc) is 1.66. The van der Waals surface area contributed by atoms with Crippen LogP contribution in [0, 0.1) is 55.4 Å². The molecular formula is C110H112N36O. The lowest BCUT2D eigenvalue weighted by Crippen LogP contribution is -2.14. The van der Waals surface area contributed by atoms with Gasteiger partial charge in [0.2, 0.25) is 0 Å². The molecule has 738 valence electrons. The van der Waals surface area contributed by atoms with Crippen LogP contribution in [0.1, 0.15) is 90.7 Å². The highest BCUT2D eigenvalue weighted by atomic mass is 16.5. The molecule has 0 aliphatic carbocycles. The molecule has 0 bridgehead atoms. The highest BCUT2D eigenvalue weighted by Crippen LogP contribution is 2.30. The molecule has 0 fully saturated rings. The molecule has 0 saturated carbocycles. The van der Waals surface area contributed by atoms with Crippen molar-refractivity contribution in [2.24, 2.45) is 0 Å². The van der Waals surface area contributed by atoms with Crippen molar-refractivity contribution in [3.63, 3.8) is 0 Å². The minimum Gasteiger partial charge on any atom is -0.383 e.